The SMILES string of the molecule is C#Cc1ccc(NC(=O)NCCOCCOCCOCCOC)cn1. The Morgan fingerprint density at radius 1 is 1.08 bits per heavy atom. The van der Waals surface area contributed by atoms with Crippen LogP contribution in [0.2, 0.25) is 0 Å². The van der Waals surface area contributed by atoms with E-state index >= 15 is 0 Å². The Kier molecular flexibility index (Phi) is 11.8. The minimum atomic E-state index is -0.330. The molecule has 0 saturated heterocycles. The van der Waals surface area contributed by atoms with E-state index in [0.717, 1.165) is 0 Å². The van der Waals surface area contributed by atoms with Crippen LogP contribution < -0.4 is 10.6 Å². The molecule has 0 fully saturated rings. The Hall–Kier alpha value is -2.18. The van der Waals surface area contributed by atoms with E-state index in [2.05, 4.69) is 21.5 Å². The standard InChI is InChI=1S/C17H25N3O5/c1-3-15-4-5-16(14-19-15)20-17(21)18-6-7-23-10-11-25-13-12-24-9-8-22-2/h1,4-5,14H,6-13H2,2H3,(H2,18,20,21). The predicted molar refractivity (Wildman–Crippen MR) is 93.5 cm³/mol. The molecule has 0 unspecified atom stereocenters. The van der Waals surface area contributed by atoms with Crippen molar-refractivity contribution in [3.8, 4) is 12.3 Å². The van der Waals surface area contributed by atoms with Gasteiger partial charge in [0.05, 0.1) is 58.1 Å². The number of carbonyl (C=O) groups excluding carboxylic acids is 1. The summed E-state index contributed by atoms with van der Waals surface area (Å²) in [5, 5.41) is 5.32. The smallest absolute Gasteiger partial charge is 0.319 e. The molecule has 25 heavy (non-hydrogen) atoms. The number of urea groups is 1. The monoisotopic (exact) mass is 351 g/mol. The number of ether oxygens (including phenoxy) is 4. The summed E-state index contributed by atoms with van der Waals surface area (Å²) in [4.78, 5) is 15.6. The maximum atomic E-state index is 11.7. The normalized spacial score (nSPS) is 10.2. The Labute approximate surface area is 148 Å². The molecule has 1 rings (SSSR count). The van der Waals surface area contributed by atoms with Gasteiger partial charge in [-0.3, -0.25) is 0 Å². The van der Waals surface area contributed by atoms with Gasteiger partial charge in [-0.2, -0.15) is 0 Å². The lowest BCUT2D eigenvalue weighted by Crippen LogP contribution is -2.31. The van der Waals surface area contributed by atoms with Gasteiger partial charge in [-0.25, -0.2) is 9.78 Å². The second-order valence-corrected chi connectivity index (χ2v) is 4.79. The van der Waals surface area contributed by atoms with Crippen LogP contribution in [0.15, 0.2) is 18.3 Å². The van der Waals surface area contributed by atoms with Crippen molar-refractivity contribution in [3.05, 3.63) is 24.0 Å². The van der Waals surface area contributed by atoms with Crippen LogP contribution in [0.1, 0.15) is 5.69 Å². The number of hydrogen-bond donors (Lipinski definition) is 2. The van der Waals surface area contributed by atoms with Crippen LogP contribution in [0.25, 0.3) is 0 Å². The third-order valence-corrected chi connectivity index (χ3v) is 2.88. The molecule has 2 N–H and O–H groups in total. The molecule has 0 aliphatic carbocycles. The summed E-state index contributed by atoms with van der Waals surface area (Å²) in [6.07, 6.45) is 6.71. The van der Waals surface area contributed by atoms with Crippen LogP contribution in [0, 0.1) is 12.3 Å². The van der Waals surface area contributed by atoms with Crippen molar-refractivity contribution in [2.24, 2.45) is 0 Å². The topological polar surface area (TPSA) is 90.9 Å². The molecule has 1 aromatic rings. The molecule has 8 nitrogen and oxygen atoms in total. The number of nitrogens with zero attached hydrogens (tertiary/aromatic N) is 1. The highest BCUT2D eigenvalue weighted by Crippen LogP contribution is 2.04. The van der Waals surface area contributed by atoms with Crippen LogP contribution in [-0.2, 0) is 18.9 Å². The largest absolute Gasteiger partial charge is 0.382 e. The van der Waals surface area contributed by atoms with Gasteiger partial charge in [0, 0.05) is 13.7 Å². The van der Waals surface area contributed by atoms with Crippen molar-refractivity contribution in [2.45, 2.75) is 0 Å². The van der Waals surface area contributed by atoms with E-state index < -0.39 is 0 Å². The lowest BCUT2D eigenvalue weighted by molar-refractivity contribution is 0.00431. The molecule has 0 aliphatic heterocycles. The average Bonchev–Trinajstić information content (AvgIpc) is 2.63. The Balaban J connectivity index is 1.92. The fourth-order valence-corrected chi connectivity index (χ4v) is 1.65. The van der Waals surface area contributed by atoms with Gasteiger partial charge >= 0.3 is 6.03 Å². The Bertz CT molecular complexity index is 516. The van der Waals surface area contributed by atoms with E-state index in [1.165, 1.54) is 6.20 Å². The van der Waals surface area contributed by atoms with Crippen molar-refractivity contribution in [1.29, 1.82) is 0 Å². The highest BCUT2D eigenvalue weighted by molar-refractivity contribution is 5.88. The van der Waals surface area contributed by atoms with Gasteiger partial charge in [-0.05, 0) is 12.1 Å². The quantitative estimate of drug-likeness (QED) is 0.405. The second-order valence-electron chi connectivity index (χ2n) is 4.79. The third kappa shape index (κ3) is 11.1. The summed E-state index contributed by atoms with van der Waals surface area (Å²) in [5.41, 5.74) is 1.08. The van der Waals surface area contributed by atoms with Crippen molar-refractivity contribution in [1.82, 2.24) is 10.3 Å². The zero-order valence-electron chi connectivity index (χ0n) is 14.5. The molecule has 0 atom stereocenters. The molecule has 1 heterocycles. The number of nitrogens with one attached hydrogen (secondary N) is 2. The first kappa shape index (κ1) is 20.9. The molecule has 0 saturated carbocycles. The summed E-state index contributed by atoms with van der Waals surface area (Å²) in [6.45, 7) is 3.91. The van der Waals surface area contributed by atoms with E-state index in [1.807, 2.05) is 0 Å². The molecule has 8 heteroatoms. The van der Waals surface area contributed by atoms with Gasteiger partial charge in [-0.1, -0.05) is 5.92 Å². The minimum Gasteiger partial charge on any atom is -0.382 e. The van der Waals surface area contributed by atoms with Gasteiger partial charge in [0.1, 0.15) is 5.69 Å². The van der Waals surface area contributed by atoms with E-state index in [9.17, 15) is 4.79 Å². The lowest BCUT2D eigenvalue weighted by Gasteiger charge is -2.08. The van der Waals surface area contributed by atoms with Gasteiger partial charge in [-0.15, -0.1) is 6.42 Å². The summed E-state index contributed by atoms with van der Waals surface area (Å²) in [6, 6.07) is 3.01. The molecule has 1 aromatic heterocycles. The average molecular weight is 351 g/mol. The van der Waals surface area contributed by atoms with Crippen LogP contribution in [-0.4, -0.2) is 70.9 Å². The summed E-state index contributed by atoms with van der Waals surface area (Å²) >= 11 is 0. The predicted octanol–water partition coefficient (Wildman–Crippen LogP) is 0.881. The number of rotatable bonds is 13. The third-order valence-electron chi connectivity index (χ3n) is 2.88. The fraction of sp³-hybridized carbons (Fsp3) is 0.529. The van der Waals surface area contributed by atoms with Gasteiger partial charge in [0.2, 0.25) is 0 Å². The van der Waals surface area contributed by atoms with E-state index in [-0.39, 0.29) is 6.03 Å². The molecular weight excluding hydrogens is 326 g/mol. The van der Waals surface area contributed by atoms with E-state index in [1.54, 1.807) is 19.2 Å². The zero-order valence-corrected chi connectivity index (χ0v) is 14.5. The zero-order chi connectivity index (χ0) is 18.2. The second kappa shape index (κ2) is 14.2. The van der Waals surface area contributed by atoms with Crippen molar-refractivity contribution in [2.75, 3.05) is 65.2 Å². The molecule has 0 aromatic carbocycles. The fourth-order valence-electron chi connectivity index (χ4n) is 1.65. The van der Waals surface area contributed by atoms with Gasteiger partial charge in [0.15, 0.2) is 0 Å². The molecule has 0 spiro atoms. The highest BCUT2D eigenvalue weighted by Gasteiger charge is 2.01. The summed E-state index contributed by atoms with van der Waals surface area (Å²) in [5.74, 6) is 2.41. The van der Waals surface area contributed by atoms with Crippen LogP contribution in [0.5, 0.6) is 0 Å². The maximum absolute atomic E-state index is 11.7. The number of anilines is 1. The number of hydrogen-bond acceptors (Lipinski definition) is 6. The molecule has 0 bridgehead atoms. The molecular formula is C17H25N3O5. The highest BCUT2D eigenvalue weighted by atomic mass is 16.6. The van der Waals surface area contributed by atoms with Crippen LogP contribution in [0.4, 0.5) is 10.5 Å². The van der Waals surface area contributed by atoms with Gasteiger partial charge in [0.25, 0.3) is 0 Å². The first-order valence-corrected chi connectivity index (χ1v) is 7.96. The molecule has 0 aliphatic rings. The number of pyridine rings is 1. The Morgan fingerprint density at radius 3 is 2.28 bits per heavy atom. The van der Waals surface area contributed by atoms with Crippen LogP contribution in [0.3, 0.4) is 0 Å². The minimum absolute atomic E-state index is 0.330. The van der Waals surface area contributed by atoms with E-state index in [0.29, 0.717) is 64.2 Å². The van der Waals surface area contributed by atoms with E-state index in [4.69, 9.17) is 25.4 Å². The number of methoxy groups -OCH3 is 1. The number of carbonyl (C=O) groups is 1. The van der Waals surface area contributed by atoms with Crippen LogP contribution >= 0.6 is 0 Å². The first-order valence-electron chi connectivity index (χ1n) is 7.96. The van der Waals surface area contributed by atoms with Crippen molar-refractivity contribution < 1.29 is 23.7 Å². The van der Waals surface area contributed by atoms with Crippen molar-refractivity contribution >= 4 is 11.7 Å². The van der Waals surface area contributed by atoms with Crippen molar-refractivity contribution in [3.63, 3.8) is 0 Å². The number of amides is 2. The number of terminal acetylenes is 1. The summed E-state index contributed by atoms with van der Waals surface area (Å²) < 4.78 is 20.8. The first-order chi connectivity index (χ1) is 12.3. The maximum Gasteiger partial charge on any atom is 0.319 e. The number of aromatic nitrogens is 1. The molecule has 138 valence electrons. The Morgan fingerprint density at radius 2 is 1.72 bits per heavy atom. The van der Waals surface area contributed by atoms with Gasteiger partial charge < -0.3 is 29.6 Å². The lowest BCUT2D eigenvalue weighted by atomic mass is 10.3. The summed E-state index contributed by atoms with van der Waals surface area (Å²) in [7, 11) is 1.63. The molecule has 2 amide bonds. The molecule has 0 radical (unpaired) electrons.